The molecular formula is C45H28N4O6. The van der Waals surface area contributed by atoms with Crippen LogP contribution in [0.5, 0.6) is 28.7 Å². The van der Waals surface area contributed by atoms with Gasteiger partial charge in [0.05, 0.1) is 22.3 Å². The van der Waals surface area contributed by atoms with Gasteiger partial charge in [0, 0.05) is 38.2 Å². The molecule has 7 aromatic carbocycles. The maximum absolute atomic E-state index is 10.9. The van der Waals surface area contributed by atoms with Crippen LogP contribution in [0.25, 0.3) is 94.7 Å². The van der Waals surface area contributed by atoms with Crippen molar-refractivity contribution in [3.8, 4) is 79.7 Å². The monoisotopic (exact) mass is 720 g/mol. The van der Waals surface area contributed by atoms with E-state index in [9.17, 15) is 25.5 Å². The number of phenolic OH excluding ortho intramolecular Hbond substituents is 5. The van der Waals surface area contributed by atoms with Crippen molar-refractivity contribution in [1.82, 2.24) is 19.5 Å². The molecule has 0 aliphatic heterocycles. The predicted molar refractivity (Wildman–Crippen MR) is 212 cm³/mol. The highest BCUT2D eigenvalue weighted by atomic mass is 16.4. The third kappa shape index (κ3) is 4.85. The number of hydrogen-bond donors (Lipinski definition) is 5. The average Bonchev–Trinajstić information content (AvgIpc) is 3.79. The van der Waals surface area contributed by atoms with E-state index in [-0.39, 0.29) is 11.1 Å². The maximum atomic E-state index is 10.9. The molecule has 0 saturated carbocycles. The number of benzene rings is 7. The second-order valence-electron chi connectivity index (χ2n) is 13.2. The first-order valence-corrected chi connectivity index (χ1v) is 17.4. The van der Waals surface area contributed by atoms with Gasteiger partial charge in [0.1, 0.15) is 5.58 Å². The Bertz CT molecular complexity index is 3070. The molecule has 55 heavy (non-hydrogen) atoms. The number of nitrogens with zero attached hydrogens (tertiary/aromatic N) is 4. The lowest BCUT2D eigenvalue weighted by atomic mass is 10.00. The summed E-state index contributed by atoms with van der Waals surface area (Å²) in [6, 6.07) is 44.5. The summed E-state index contributed by atoms with van der Waals surface area (Å²) in [6.45, 7) is 0. The van der Waals surface area contributed by atoms with E-state index >= 15 is 0 Å². The fraction of sp³-hybridized carbons (Fsp3) is 0. The van der Waals surface area contributed by atoms with Crippen LogP contribution in [0.2, 0.25) is 0 Å². The smallest absolute Gasteiger partial charge is 0.208 e. The molecule has 0 aliphatic carbocycles. The van der Waals surface area contributed by atoms with Gasteiger partial charge >= 0.3 is 0 Å². The summed E-state index contributed by atoms with van der Waals surface area (Å²) < 4.78 is 8.77. The van der Waals surface area contributed by atoms with E-state index in [4.69, 9.17) is 19.4 Å². The summed E-state index contributed by atoms with van der Waals surface area (Å²) >= 11 is 0. The van der Waals surface area contributed by atoms with Crippen LogP contribution in [-0.2, 0) is 0 Å². The summed E-state index contributed by atoms with van der Waals surface area (Å²) in [5.74, 6) is -2.94. The van der Waals surface area contributed by atoms with Crippen LogP contribution in [0, 0.1) is 0 Å². The van der Waals surface area contributed by atoms with Crippen LogP contribution in [0.4, 0.5) is 0 Å². The minimum Gasteiger partial charge on any atom is -0.504 e. The van der Waals surface area contributed by atoms with Gasteiger partial charge in [-0.1, -0.05) is 109 Å². The van der Waals surface area contributed by atoms with Crippen LogP contribution in [0.1, 0.15) is 0 Å². The molecule has 0 amide bonds. The molecule has 0 saturated heterocycles. The highest BCUT2D eigenvalue weighted by Crippen LogP contribution is 2.55. The first kappa shape index (κ1) is 31.9. The molecule has 10 rings (SSSR count). The molecule has 0 spiro atoms. The Kier molecular flexibility index (Phi) is 7.01. The fourth-order valence-corrected chi connectivity index (χ4v) is 7.45. The van der Waals surface area contributed by atoms with Crippen molar-refractivity contribution in [2.75, 3.05) is 0 Å². The zero-order chi connectivity index (χ0) is 37.4. The average molecular weight is 721 g/mol. The van der Waals surface area contributed by atoms with Gasteiger partial charge in [-0.3, -0.25) is 0 Å². The number of fused-ring (bicyclic) bond motifs is 6. The highest BCUT2D eigenvalue weighted by molar-refractivity contribution is 6.16. The van der Waals surface area contributed by atoms with Crippen LogP contribution < -0.4 is 0 Å². The molecule has 0 radical (unpaired) electrons. The summed E-state index contributed by atoms with van der Waals surface area (Å²) in [5, 5.41) is 56.0. The Morgan fingerprint density at radius 2 is 0.982 bits per heavy atom. The molecule has 10 aromatic rings. The zero-order valence-electron chi connectivity index (χ0n) is 28.7. The van der Waals surface area contributed by atoms with E-state index in [1.54, 1.807) is 12.1 Å². The third-order valence-electron chi connectivity index (χ3n) is 10.0. The summed E-state index contributed by atoms with van der Waals surface area (Å²) in [5.41, 5.74) is 5.94. The van der Waals surface area contributed by atoms with Gasteiger partial charge < -0.3 is 34.5 Å². The fourth-order valence-electron chi connectivity index (χ4n) is 7.45. The van der Waals surface area contributed by atoms with E-state index < -0.39 is 28.7 Å². The van der Waals surface area contributed by atoms with E-state index in [0.29, 0.717) is 39.8 Å². The number of rotatable bonds is 5. The minimum atomic E-state index is -1.02. The number of hydrogen-bond acceptors (Lipinski definition) is 9. The SMILES string of the molecule is Oc1c(O)c(O)c(-c2ccc3c4ccccc4n(-c4ccc(-c5nc(-c6ccccc6)nc(-c6ccccc6)n5)c5c4oc4ccccc45)c3c2)c(O)c1O. The predicted octanol–water partition coefficient (Wildman–Crippen LogP) is 10.1. The number of para-hydroxylation sites is 2. The summed E-state index contributed by atoms with van der Waals surface area (Å²) in [4.78, 5) is 15.0. The van der Waals surface area contributed by atoms with Crippen LogP contribution in [0.15, 0.2) is 144 Å². The van der Waals surface area contributed by atoms with Crippen molar-refractivity contribution in [2.24, 2.45) is 0 Å². The summed E-state index contributed by atoms with van der Waals surface area (Å²) in [7, 11) is 0. The van der Waals surface area contributed by atoms with Crippen molar-refractivity contribution in [1.29, 1.82) is 0 Å². The summed E-state index contributed by atoms with van der Waals surface area (Å²) in [6.07, 6.45) is 0. The van der Waals surface area contributed by atoms with Crippen molar-refractivity contribution < 1.29 is 29.9 Å². The maximum Gasteiger partial charge on any atom is 0.208 e. The second-order valence-corrected chi connectivity index (χ2v) is 13.2. The molecule has 0 unspecified atom stereocenters. The lowest BCUT2D eigenvalue weighted by Crippen LogP contribution is -2.01. The molecule has 5 N–H and O–H groups in total. The van der Waals surface area contributed by atoms with Gasteiger partial charge in [0.15, 0.2) is 34.6 Å². The third-order valence-corrected chi connectivity index (χ3v) is 10.0. The standard InChI is InChI=1S/C45H28N4O6/c50-37-35(38(51)40(53)41(54)39(37)52)26-19-20-28-27-15-7-9-17-31(27)49(33(28)23-26)32-22-21-30(36-29-16-8-10-18-34(29)55-42(32)36)45-47-43(24-11-3-1-4-12-24)46-44(48-45)25-13-5-2-6-14-25/h1-23,50-54H. The van der Waals surface area contributed by atoms with E-state index in [0.717, 1.165) is 43.8 Å². The highest BCUT2D eigenvalue weighted by Gasteiger charge is 2.26. The largest absolute Gasteiger partial charge is 0.504 e. The van der Waals surface area contributed by atoms with Crippen LogP contribution in [0.3, 0.4) is 0 Å². The Balaban J connectivity index is 1.27. The molecular weight excluding hydrogens is 693 g/mol. The quantitative estimate of drug-likeness (QED) is 0.0862. The number of aromatic nitrogens is 4. The number of aromatic hydroxyl groups is 5. The lowest BCUT2D eigenvalue weighted by Gasteiger charge is -2.14. The zero-order valence-corrected chi connectivity index (χ0v) is 28.7. The minimum absolute atomic E-state index is 0.242. The number of phenols is 5. The normalized spacial score (nSPS) is 11.6. The Hall–Kier alpha value is -7.85. The van der Waals surface area contributed by atoms with E-state index in [1.807, 2.05) is 132 Å². The Morgan fingerprint density at radius 1 is 0.436 bits per heavy atom. The molecule has 3 aromatic heterocycles. The second kappa shape index (κ2) is 12.1. The van der Waals surface area contributed by atoms with E-state index in [2.05, 4.69) is 0 Å². The van der Waals surface area contributed by atoms with Gasteiger partial charge in [-0.05, 0) is 35.9 Å². The molecule has 0 bridgehead atoms. The molecule has 10 heteroatoms. The first-order valence-electron chi connectivity index (χ1n) is 17.4. The molecule has 0 atom stereocenters. The van der Waals surface area contributed by atoms with Crippen molar-refractivity contribution in [2.45, 2.75) is 0 Å². The van der Waals surface area contributed by atoms with Crippen molar-refractivity contribution in [3.63, 3.8) is 0 Å². The van der Waals surface area contributed by atoms with Crippen LogP contribution >= 0.6 is 0 Å². The number of furan rings is 1. The van der Waals surface area contributed by atoms with Gasteiger partial charge in [0.2, 0.25) is 17.2 Å². The van der Waals surface area contributed by atoms with Crippen molar-refractivity contribution >= 4 is 43.7 Å². The van der Waals surface area contributed by atoms with Gasteiger partial charge in [-0.25, -0.2) is 15.0 Å². The van der Waals surface area contributed by atoms with Crippen LogP contribution in [-0.4, -0.2) is 45.1 Å². The van der Waals surface area contributed by atoms with E-state index in [1.165, 1.54) is 0 Å². The molecule has 3 heterocycles. The molecule has 0 aliphatic rings. The molecule has 10 nitrogen and oxygen atoms in total. The topological polar surface area (TPSA) is 158 Å². The molecule has 264 valence electrons. The van der Waals surface area contributed by atoms with Gasteiger partial charge in [-0.15, -0.1) is 0 Å². The van der Waals surface area contributed by atoms with Gasteiger partial charge in [0.25, 0.3) is 0 Å². The molecule has 0 fully saturated rings. The van der Waals surface area contributed by atoms with Crippen molar-refractivity contribution in [3.05, 3.63) is 140 Å². The Morgan fingerprint density at radius 3 is 1.65 bits per heavy atom. The first-order chi connectivity index (χ1) is 26.9. The Labute approximate surface area is 311 Å². The lowest BCUT2D eigenvalue weighted by molar-refractivity contribution is 0.330. The van der Waals surface area contributed by atoms with Gasteiger partial charge in [-0.2, -0.15) is 0 Å².